The van der Waals surface area contributed by atoms with Crippen molar-refractivity contribution in [3.8, 4) is 0 Å². The average molecular weight is 364 g/mol. The molecular weight excluding hydrogens is 340 g/mol. The van der Waals surface area contributed by atoms with Crippen LogP contribution in [0.3, 0.4) is 0 Å². The van der Waals surface area contributed by atoms with Gasteiger partial charge in [-0.2, -0.15) is 0 Å². The van der Waals surface area contributed by atoms with Gasteiger partial charge in [-0.3, -0.25) is 9.59 Å². The highest BCUT2D eigenvalue weighted by atomic mass is 16.6. The molecule has 0 aliphatic rings. The molecule has 0 saturated carbocycles. The molecule has 0 aromatic heterocycles. The zero-order valence-electron chi connectivity index (χ0n) is 15.5. The molecule has 1 rings (SSSR count). The minimum absolute atomic E-state index is 0.173. The Morgan fingerprint density at radius 1 is 1.08 bits per heavy atom. The fourth-order valence-electron chi connectivity index (χ4n) is 1.96. The van der Waals surface area contributed by atoms with Gasteiger partial charge in [0.25, 0.3) is 5.91 Å². The fourth-order valence-corrected chi connectivity index (χ4v) is 1.96. The highest BCUT2D eigenvalue weighted by Crippen LogP contribution is 2.13. The number of benzene rings is 1. The number of methoxy groups -OCH3 is 1. The Kier molecular flexibility index (Phi) is 7.30. The first-order chi connectivity index (χ1) is 12.0. The minimum atomic E-state index is -0.924. The van der Waals surface area contributed by atoms with Crippen molar-refractivity contribution in [2.75, 3.05) is 12.4 Å². The Balaban J connectivity index is 2.79. The van der Waals surface area contributed by atoms with Crippen LogP contribution < -0.4 is 10.6 Å². The fraction of sp³-hybridized carbons (Fsp3) is 0.444. The molecule has 0 radical (unpaired) electrons. The predicted molar refractivity (Wildman–Crippen MR) is 94.6 cm³/mol. The van der Waals surface area contributed by atoms with Gasteiger partial charge in [-0.05, 0) is 38.5 Å². The third-order valence-electron chi connectivity index (χ3n) is 3.15. The van der Waals surface area contributed by atoms with Gasteiger partial charge in [-0.15, -0.1) is 0 Å². The Morgan fingerprint density at radius 3 is 2.12 bits per heavy atom. The lowest BCUT2D eigenvalue weighted by Gasteiger charge is -2.22. The van der Waals surface area contributed by atoms with Crippen molar-refractivity contribution in [2.45, 2.75) is 45.8 Å². The molecule has 0 aliphatic heterocycles. The Morgan fingerprint density at radius 2 is 1.65 bits per heavy atom. The highest BCUT2D eigenvalue weighted by molar-refractivity contribution is 6.39. The summed E-state index contributed by atoms with van der Waals surface area (Å²) >= 11 is 0. The molecule has 142 valence electrons. The predicted octanol–water partition coefficient (Wildman–Crippen LogP) is 1.82. The molecule has 0 fully saturated rings. The van der Waals surface area contributed by atoms with E-state index in [1.807, 2.05) is 0 Å². The molecule has 0 saturated heterocycles. The lowest BCUT2D eigenvalue weighted by atomic mass is 10.1. The monoisotopic (exact) mass is 364 g/mol. The normalized spacial score (nSPS) is 11.9. The van der Waals surface area contributed by atoms with E-state index < -0.39 is 35.4 Å². The van der Waals surface area contributed by atoms with E-state index >= 15 is 0 Å². The van der Waals surface area contributed by atoms with Crippen LogP contribution in [0.4, 0.5) is 10.5 Å². The van der Waals surface area contributed by atoms with E-state index in [2.05, 4.69) is 10.6 Å². The largest absolute Gasteiger partial charge is 0.467 e. The van der Waals surface area contributed by atoms with Crippen LogP contribution in [0.5, 0.6) is 0 Å². The van der Waals surface area contributed by atoms with E-state index in [1.54, 1.807) is 45.0 Å². The molecule has 8 nitrogen and oxygen atoms in total. The maximum absolute atomic E-state index is 11.9. The average Bonchev–Trinajstić information content (AvgIpc) is 2.53. The van der Waals surface area contributed by atoms with E-state index in [0.717, 1.165) is 5.56 Å². The summed E-state index contributed by atoms with van der Waals surface area (Å²) < 4.78 is 9.86. The van der Waals surface area contributed by atoms with Gasteiger partial charge in [-0.1, -0.05) is 12.1 Å². The van der Waals surface area contributed by atoms with Gasteiger partial charge in [0.2, 0.25) is 5.78 Å². The maximum Gasteiger partial charge on any atom is 0.408 e. The van der Waals surface area contributed by atoms with Crippen molar-refractivity contribution in [3.05, 3.63) is 29.8 Å². The number of alkyl carbamates (subject to hydrolysis) is 1. The number of rotatable bonds is 6. The Labute approximate surface area is 152 Å². The number of carbonyl (C=O) groups is 4. The summed E-state index contributed by atoms with van der Waals surface area (Å²) in [5.74, 6) is -1.91. The number of esters is 1. The number of ketones is 1. The standard InChI is InChI=1S/C18H24N2O6/c1-11(21)15(22)19-13-8-6-12(7-9-13)10-14(16(23)25-5)20-17(24)26-18(2,3)4/h6-9,14H,10H2,1-5H3,(H,19,22)(H,20,24). The van der Waals surface area contributed by atoms with Crippen molar-refractivity contribution in [2.24, 2.45) is 0 Å². The Hall–Kier alpha value is -2.90. The first-order valence-electron chi connectivity index (χ1n) is 8.00. The third kappa shape index (κ3) is 7.33. The van der Waals surface area contributed by atoms with Crippen LogP contribution >= 0.6 is 0 Å². The lowest BCUT2D eigenvalue weighted by Crippen LogP contribution is -2.45. The van der Waals surface area contributed by atoms with Crippen LogP contribution in [-0.2, 0) is 30.3 Å². The number of nitrogens with one attached hydrogen (secondary N) is 2. The number of anilines is 1. The molecule has 0 spiro atoms. The van der Waals surface area contributed by atoms with Crippen LogP contribution in [-0.4, -0.2) is 42.5 Å². The van der Waals surface area contributed by atoms with E-state index in [1.165, 1.54) is 14.0 Å². The van der Waals surface area contributed by atoms with Crippen molar-refractivity contribution >= 4 is 29.4 Å². The third-order valence-corrected chi connectivity index (χ3v) is 3.15. The first-order valence-corrected chi connectivity index (χ1v) is 8.00. The summed E-state index contributed by atoms with van der Waals surface area (Å²) in [6.45, 7) is 6.32. The zero-order valence-corrected chi connectivity index (χ0v) is 15.5. The summed E-state index contributed by atoms with van der Waals surface area (Å²) in [4.78, 5) is 46.1. The van der Waals surface area contributed by atoms with Gasteiger partial charge in [-0.25, -0.2) is 9.59 Å². The molecule has 2 amide bonds. The molecule has 1 atom stereocenters. The van der Waals surface area contributed by atoms with Crippen molar-refractivity contribution in [1.29, 1.82) is 0 Å². The second kappa shape index (κ2) is 8.98. The van der Waals surface area contributed by atoms with Gasteiger partial charge in [0.15, 0.2) is 0 Å². The quantitative estimate of drug-likeness (QED) is 0.588. The van der Waals surface area contributed by atoms with Gasteiger partial charge < -0.3 is 20.1 Å². The smallest absolute Gasteiger partial charge is 0.408 e. The number of hydrogen-bond donors (Lipinski definition) is 2. The van der Waals surface area contributed by atoms with Crippen LogP contribution in [0, 0.1) is 0 Å². The number of ether oxygens (including phenoxy) is 2. The molecule has 0 bridgehead atoms. The summed E-state index contributed by atoms with van der Waals surface area (Å²) in [5.41, 5.74) is 0.474. The number of amides is 2. The lowest BCUT2D eigenvalue weighted by molar-refractivity contribution is -0.143. The molecule has 1 aromatic carbocycles. The number of Topliss-reactive ketones (excluding diaryl/α,β-unsaturated/α-hetero) is 1. The summed E-state index contributed by atoms with van der Waals surface area (Å²) in [6.07, 6.45) is -0.550. The first kappa shape index (κ1) is 21.1. The molecule has 8 heteroatoms. The van der Waals surface area contributed by atoms with E-state index in [9.17, 15) is 19.2 Å². The van der Waals surface area contributed by atoms with E-state index in [-0.39, 0.29) is 6.42 Å². The van der Waals surface area contributed by atoms with Crippen LogP contribution in [0.25, 0.3) is 0 Å². The molecule has 26 heavy (non-hydrogen) atoms. The molecule has 1 unspecified atom stereocenters. The SMILES string of the molecule is COC(=O)C(Cc1ccc(NC(=O)C(C)=O)cc1)NC(=O)OC(C)(C)C. The topological polar surface area (TPSA) is 111 Å². The Bertz CT molecular complexity index is 676. The van der Waals surface area contributed by atoms with Crippen LogP contribution in [0.2, 0.25) is 0 Å². The van der Waals surface area contributed by atoms with Crippen molar-refractivity contribution in [1.82, 2.24) is 5.32 Å². The molecule has 1 aromatic rings. The van der Waals surface area contributed by atoms with E-state index in [4.69, 9.17) is 9.47 Å². The van der Waals surface area contributed by atoms with Gasteiger partial charge in [0.1, 0.15) is 11.6 Å². The summed E-state index contributed by atoms with van der Waals surface area (Å²) in [5, 5.41) is 4.93. The zero-order chi connectivity index (χ0) is 19.9. The summed E-state index contributed by atoms with van der Waals surface area (Å²) in [7, 11) is 1.23. The molecule has 0 aliphatic carbocycles. The van der Waals surface area contributed by atoms with Crippen LogP contribution in [0.1, 0.15) is 33.3 Å². The van der Waals surface area contributed by atoms with Gasteiger partial charge in [0.05, 0.1) is 7.11 Å². The highest BCUT2D eigenvalue weighted by Gasteiger charge is 2.25. The number of hydrogen-bond acceptors (Lipinski definition) is 6. The van der Waals surface area contributed by atoms with Crippen molar-refractivity contribution in [3.63, 3.8) is 0 Å². The second-order valence-electron chi connectivity index (χ2n) is 6.63. The molecular formula is C18H24N2O6. The molecule has 0 heterocycles. The van der Waals surface area contributed by atoms with Gasteiger partial charge in [0, 0.05) is 19.0 Å². The maximum atomic E-state index is 11.9. The molecule has 2 N–H and O–H groups in total. The minimum Gasteiger partial charge on any atom is -0.467 e. The van der Waals surface area contributed by atoms with Gasteiger partial charge >= 0.3 is 12.1 Å². The second-order valence-corrected chi connectivity index (χ2v) is 6.63. The number of carbonyl (C=O) groups excluding carboxylic acids is 4. The summed E-state index contributed by atoms with van der Waals surface area (Å²) in [6, 6.07) is 5.61. The van der Waals surface area contributed by atoms with Crippen molar-refractivity contribution < 1.29 is 28.7 Å². The van der Waals surface area contributed by atoms with E-state index in [0.29, 0.717) is 5.69 Å². The van der Waals surface area contributed by atoms with Crippen LogP contribution in [0.15, 0.2) is 24.3 Å².